The Morgan fingerprint density at radius 1 is 1.29 bits per heavy atom. The highest BCUT2D eigenvalue weighted by Crippen LogP contribution is 2.32. The van der Waals surface area contributed by atoms with Crippen LogP contribution < -0.4 is 5.01 Å². The Morgan fingerprint density at radius 2 is 2.00 bits per heavy atom. The number of thiazole rings is 1. The molecule has 1 aromatic heterocycles. The number of benzene rings is 1. The number of nitro benzene ring substituents is 1. The van der Waals surface area contributed by atoms with Gasteiger partial charge in [-0.1, -0.05) is 6.07 Å². The number of nitrogens with zero attached hydrogens (tertiary/aromatic N) is 3. The number of fused-ring (bicyclic) bond motifs is 1. The number of amides is 2. The molecule has 2 heterocycles. The minimum absolute atomic E-state index is 0.0738. The molecule has 1 aliphatic rings. The Kier molecular flexibility index (Phi) is 2.85. The van der Waals surface area contributed by atoms with E-state index in [4.69, 9.17) is 12.2 Å². The fourth-order valence-corrected chi connectivity index (χ4v) is 2.97. The number of aromatic hydroxyl groups is 1. The van der Waals surface area contributed by atoms with Crippen LogP contribution in [-0.2, 0) is 0 Å². The first-order valence-corrected chi connectivity index (χ1v) is 6.78. The van der Waals surface area contributed by atoms with Crippen LogP contribution in [-0.4, -0.2) is 26.5 Å². The van der Waals surface area contributed by atoms with Crippen molar-refractivity contribution in [2.45, 2.75) is 0 Å². The van der Waals surface area contributed by atoms with E-state index in [9.17, 15) is 24.8 Å². The van der Waals surface area contributed by atoms with Gasteiger partial charge in [-0.2, -0.15) is 9.69 Å². The smallest absolute Gasteiger partial charge is 0.288 e. The Labute approximate surface area is 125 Å². The van der Waals surface area contributed by atoms with E-state index in [-0.39, 0.29) is 21.0 Å². The first-order chi connectivity index (χ1) is 9.93. The molecule has 0 atom stereocenters. The summed E-state index contributed by atoms with van der Waals surface area (Å²) < 4.78 is 0.929. The molecular formula is C11H5N3O5S2. The van der Waals surface area contributed by atoms with Gasteiger partial charge in [-0.15, -0.1) is 11.3 Å². The summed E-state index contributed by atoms with van der Waals surface area (Å²) in [6.45, 7) is 0. The Morgan fingerprint density at radius 3 is 2.57 bits per heavy atom. The first kappa shape index (κ1) is 13.4. The maximum absolute atomic E-state index is 12.4. The van der Waals surface area contributed by atoms with Crippen molar-refractivity contribution in [3.63, 3.8) is 0 Å². The zero-order valence-corrected chi connectivity index (χ0v) is 11.7. The van der Waals surface area contributed by atoms with Crippen molar-refractivity contribution in [3.8, 4) is 5.88 Å². The largest absolute Gasteiger partial charge is 0.493 e. The van der Waals surface area contributed by atoms with Gasteiger partial charge in [0.1, 0.15) is 5.56 Å². The summed E-state index contributed by atoms with van der Waals surface area (Å²) in [4.78, 5) is 34.9. The second-order valence-electron chi connectivity index (χ2n) is 4.05. The van der Waals surface area contributed by atoms with E-state index in [1.807, 2.05) is 0 Å². The standard InChI is InChI=1S/C11H5N3O5S2/c15-7-4-21-11(20)12(7)13-9(16)5-2-1-3-6(14(18)19)8(5)10(13)17/h1-4,15H. The second kappa shape index (κ2) is 4.46. The number of nitro groups is 1. The molecule has 0 spiro atoms. The number of rotatable bonds is 2. The highest BCUT2D eigenvalue weighted by atomic mass is 32.1. The molecule has 0 fully saturated rings. The SMILES string of the molecule is O=C1c2cccc([N+](=O)[O-])c2C(=O)N1n1c(O)csc1=S. The third-order valence-corrected chi connectivity index (χ3v) is 4.09. The average molecular weight is 323 g/mol. The van der Waals surface area contributed by atoms with E-state index in [0.717, 1.165) is 22.1 Å². The van der Waals surface area contributed by atoms with Crippen LogP contribution in [0.4, 0.5) is 5.69 Å². The van der Waals surface area contributed by atoms with Gasteiger partial charge in [0.25, 0.3) is 17.5 Å². The summed E-state index contributed by atoms with van der Waals surface area (Å²) in [5, 5.41) is 22.6. The predicted molar refractivity (Wildman–Crippen MR) is 74.8 cm³/mol. The lowest BCUT2D eigenvalue weighted by Gasteiger charge is -2.14. The lowest BCUT2D eigenvalue weighted by molar-refractivity contribution is -0.385. The van der Waals surface area contributed by atoms with Crippen molar-refractivity contribution < 1.29 is 19.6 Å². The average Bonchev–Trinajstić information content (AvgIpc) is 2.89. The molecule has 1 aliphatic heterocycles. The summed E-state index contributed by atoms with van der Waals surface area (Å²) in [6, 6.07) is 3.77. The normalized spacial score (nSPS) is 13.6. The molecule has 2 aromatic rings. The van der Waals surface area contributed by atoms with Crippen molar-refractivity contribution >= 4 is 41.1 Å². The Balaban J connectivity index is 2.25. The van der Waals surface area contributed by atoms with Crippen molar-refractivity contribution in [3.05, 3.63) is 48.8 Å². The molecule has 106 valence electrons. The first-order valence-electron chi connectivity index (χ1n) is 5.49. The number of carbonyl (C=O) groups is 2. The maximum Gasteiger partial charge on any atom is 0.288 e. The van der Waals surface area contributed by atoms with Crippen LogP contribution in [0, 0.1) is 14.1 Å². The van der Waals surface area contributed by atoms with E-state index in [2.05, 4.69) is 0 Å². The number of carbonyl (C=O) groups excluding carboxylic acids is 2. The van der Waals surface area contributed by atoms with E-state index in [1.165, 1.54) is 17.5 Å². The van der Waals surface area contributed by atoms with E-state index >= 15 is 0 Å². The lowest BCUT2D eigenvalue weighted by Crippen LogP contribution is -2.39. The molecule has 0 saturated heterocycles. The Hall–Kier alpha value is -2.59. The number of aromatic nitrogens is 1. The lowest BCUT2D eigenvalue weighted by atomic mass is 10.1. The van der Waals surface area contributed by atoms with Crippen LogP contribution in [0.15, 0.2) is 23.6 Å². The molecular weight excluding hydrogens is 318 g/mol. The van der Waals surface area contributed by atoms with Crippen LogP contribution in [0.3, 0.4) is 0 Å². The summed E-state index contributed by atoms with van der Waals surface area (Å²) >= 11 is 5.91. The van der Waals surface area contributed by atoms with Crippen LogP contribution in [0.25, 0.3) is 0 Å². The van der Waals surface area contributed by atoms with E-state index < -0.39 is 22.4 Å². The minimum atomic E-state index is -0.896. The highest BCUT2D eigenvalue weighted by Gasteiger charge is 2.43. The van der Waals surface area contributed by atoms with Gasteiger partial charge in [-0.05, 0) is 18.3 Å². The van der Waals surface area contributed by atoms with E-state index in [0.29, 0.717) is 5.01 Å². The maximum atomic E-state index is 12.4. The van der Waals surface area contributed by atoms with Gasteiger partial charge >= 0.3 is 0 Å². The Bertz CT molecular complexity index is 869. The van der Waals surface area contributed by atoms with Crippen molar-refractivity contribution in [1.29, 1.82) is 0 Å². The number of hydrogen-bond acceptors (Lipinski definition) is 7. The van der Waals surface area contributed by atoms with Crippen LogP contribution >= 0.6 is 23.6 Å². The molecule has 0 saturated carbocycles. The topological polar surface area (TPSA) is 106 Å². The fourth-order valence-electron chi connectivity index (χ4n) is 2.07. The molecule has 0 radical (unpaired) electrons. The summed E-state index contributed by atoms with van der Waals surface area (Å²) in [5.41, 5.74) is -0.865. The monoisotopic (exact) mass is 323 g/mol. The summed E-state index contributed by atoms with van der Waals surface area (Å²) in [7, 11) is 0. The van der Waals surface area contributed by atoms with Crippen LogP contribution in [0.2, 0.25) is 0 Å². The summed E-state index contributed by atoms with van der Waals surface area (Å²) in [5.74, 6) is -2.06. The van der Waals surface area contributed by atoms with Gasteiger partial charge in [-0.3, -0.25) is 19.7 Å². The number of hydrogen-bond donors (Lipinski definition) is 1. The third kappa shape index (κ3) is 1.76. The molecule has 1 aromatic carbocycles. The van der Waals surface area contributed by atoms with E-state index in [1.54, 1.807) is 0 Å². The second-order valence-corrected chi connectivity index (χ2v) is 5.55. The van der Waals surface area contributed by atoms with Crippen molar-refractivity contribution in [2.75, 3.05) is 5.01 Å². The summed E-state index contributed by atoms with van der Waals surface area (Å²) in [6.07, 6.45) is 0. The molecule has 8 nitrogen and oxygen atoms in total. The molecule has 1 N–H and O–H groups in total. The molecule has 21 heavy (non-hydrogen) atoms. The molecule has 0 unspecified atom stereocenters. The highest BCUT2D eigenvalue weighted by molar-refractivity contribution is 7.73. The minimum Gasteiger partial charge on any atom is -0.493 e. The molecule has 3 rings (SSSR count). The predicted octanol–water partition coefficient (Wildman–Crippen LogP) is 1.83. The third-order valence-electron chi connectivity index (χ3n) is 2.92. The molecule has 0 aliphatic carbocycles. The van der Waals surface area contributed by atoms with Gasteiger partial charge in [-0.25, -0.2) is 0 Å². The van der Waals surface area contributed by atoms with Gasteiger partial charge in [0.15, 0.2) is 3.95 Å². The van der Waals surface area contributed by atoms with Crippen molar-refractivity contribution in [2.24, 2.45) is 0 Å². The fraction of sp³-hybridized carbons (Fsp3) is 0. The van der Waals surface area contributed by atoms with Gasteiger partial charge < -0.3 is 5.11 Å². The van der Waals surface area contributed by atoms with Crippen LogP contribution in [0.1, 0.15) is 20.7 Å². The van der Waals surface area contributed by atoms with Gasteiger partial charge in [0, 0.05) is 6.07 Å². The molecule has 0 bridgehead atoms. The quantitative estimate of drug-likeness (QED) is 0.391. The molecule has 2 amide bonds. The van der Waals surface area contributed by atoms with Gasteiger partial charge in [0.2, 0.25) is 5.88 Å². The van der Waals surface area contributed by atoms with Crippen molar-refractivity contribution in [1.82, 2.24) is 4.68 Å². The molecule has 10 heteroatoms. The zero-order chi connectivity index (χ0) is 15.3. The van der Waals surface area contributed by atoms with Crippen LogP contribution in [0.5, 0.6) is 5.88 Å². The zero-order valence-electron chi connectivity index (χ0n) is 10.0. The van der Waals surface area contributed by atoms with Gasteiger partial charge in [0.05, 0.1) is 15.9 Å². The number of imide groups is 1.